The molecule has 1 aliphatic rings. The van der Waals surface area contributed by atoms with Crippen LogP contribution in [0.4, 0.5) is 5.69 Å². The van der Waals surface area contributed by atoms with Crippen molar-refractivity contribution in [1.29, 1.82) is 0 Å². The van der Waals surface area contributed by atoms with Crippen molar-refractivity contribution in [2.24, 2.45) is 0 Å². The molecule has 4 aromatic rings. The Morgan fingerprint density at radius 3 is 2.29 bits per heavy atom. The first kappa shape index (κ1) is 22.6. The van der Waals surface area contributed by atoms with Crippen molar-refractivity contribution in [3.05, 3.63) is 124 Å². The summed E-state index contributed by atoms with van der Waals surface area (Å²) in [4.78, 5) is 26.9. The van der Waals surface area contributed by atoms with Crippen LogP contribution in [0.2, 0.25) is 0 Å². The summed E-state index contributed by atoms with van der Waals surface area (Å²) in [7, 11) is 1.35. The highest BCUT2D eigenvalue weighted by molar-refractivity contribution is 9.10. The van der Waals surface area contributed by atoms with E-state index in [1.807, 2.05) is 72.8 Å². The van der Waals surface area contributed by atoms with E-state index >= 15 is 0 Å². The highest BCUT2D eigenvalue weighted by Crippen LogP contribution is 2.36. The second-order valence-electron chi connectivity index (χ2n) is 7.88. The molecule has 1 aromatic heterocycles. The summed E-state index contributed by atoms with van der Waals surface area (Å²) in [5, 5.41) is 0. The molecule has 0 spiro atoms. The lowest BCUT2D eigenvalue weighted by molar-refractivity contribution is -0.113. The van der Waals surface area contributed by atoms with Gasteiger partial charge in [-0.05, 0) is 66.2 Å². The van der Waals surface area contributed by atoms with Gasteiger partial charge in [-0.1, -0.05) is 58.4 Å². The van der Waals surface area contributed by atoms with Crippen molar-refractivity contribution in [3.8, 4) is 11.3 Å². The number of furan rings is 1. The first-order valence-corrected chi connectivity index (χ1v) is 11.7. The van der Waals surface area contributed by atoms with Crippen LogP contribution in [-0.2, 0) is 9.53 Å². The van der Waals surface area contributed by atoms with Crippen molar-refractivity contribution < 1.29 is 18.7 Å². The van der Waals surface area contributed by atoms with E-state index in [0.29, 0.717) is 22.7 Å². The Bertz CT molecular complexity index is 1450. The molecule has 0 unspecified atom stereocenters. The first-order valence-electron chi connectivity index (χ1n) is 10.9. The van der Waals surface area contributed by atoms with Crippen LogP contribution in [0.5, 0.6) is 0 Å². The first-order chi connectivity index (χ1) is 17.0. The van der Waals surface area contributed by atoms with Gasteiger partial charge in [0.15, 0.2) is 0 Å². The molecule has 0 N–H and O–H groups in total. The van der Waals surface area contributed by atoms with Gasteiger partial charge in [-0.3, -0.25) is 9.69 Å². The molecule has 172 valence electrons. The van der Waals surface area contributed by atoms with Gasteiger partial charge in [0.2, 0.25) is 0 Å². The summed E-state index contributed by atoms with van der Waals surface area (Å²) in [5.41, 5.74) is 4.33. The average Bonchev–Trinajstić information content (AvgIpc) is 3.49. The van der Waals surface area contributed by atoms with Crippen LogP contribution in [0.25, 0.3) is 23.1 Å². The fourth-order valence-electron chi connectivity index (χ4n) is 3.91. The number of hydrogen-bond acceptors (Lipinski definition) is 4. The largest absolute Gasteiger partial charge is 0.465 e. The molecule has 0 saturated carbocycles. The Kier molecular flexibility index (Phi) is 6.21. The quantitative estimate of drug-likeness (QED) is 0.208. The number of amides is 1. The predicted octanol–water partition coefficient (Wildman–Crippen LogP) is 6.97. The van der Waals surface area contributed by atoms with Crippen LogP contribution in [0, 0.1) is 0 Å². The van der Waals surface area contributed by atoms with Gasteiger partial charge in [0, 0.05) is 21.3 Å². The van der Waals surface area contributed by atoms with Gasteiger partial charge in [0.1, 0.15) is 11.5 Å². The van der Waals surface area contributed by atoms with Crippen molar-refractivity contribution in [1.82, 2.24) is 0 Å². The number of carbonyl (C=O) groups is 2. The molecule has 6 heteroatoms. The molecule has 0 saturated heterocycles. The molecular weight excluding hydrogens is 506 g/mol. The molecule has 3 aromatic carbocycles. The maximum absolute atomic E-state index is 13.5. The van der Waals surface area contributed by atoms with Crippen LogP contribution >= 0.6 is 15.9 Å². The van der Waals surface area contributed by atoms with Gasteiger partial charge in [0.25, 0.3) is 5.91 Å². The Balaban J connectivity index is 1.48. The summed E-state index contributed by atoms with van der Waals surface area (Å²) in [6.45, 7) is 0. The van der Waals surface area contributed by atoms with Gasteiger partial charge in [-0.15, -0.1) is 0 Å². The number of rotatable bonds is 5. The van der Waals surface area contributed by atoms with Crippen molar-refractivity contribution in [2.45, 2.75) is 0 Å². The molecule has 0 atom stereocenters. The third-order valence-corrected chi connectivity index (χ3v) is 6.18. The highest BCUT2D eigenvalue weighted by Gasteiger charge is 2.30. The molecule has 1 amide bonds. The van der Waals surface area contributed by atoms with Gasteiger partial charge in [-0.25, -0.2) is 4.79 Å². The van der Waals surface area contributed by atoms with E-state index in [1.54, 1.807) is 35.2 Å². The fourth-order valence-corrected chi connectivity index (χ4v) is 4.17. The Morgan fingerprint density at radius 2 is 1.60 bits per heavy atom. The molecule has 2 heterocycles. The van der Waals surface area contributed by atoms with Crippen LogP contribution in [-0.4, -0.2) is 19.0 Å². The zero-order valence-corrected chi connectivity index (χ0v) is 20.4. The maximum atomic E-state index is 13.5. The molecule has 0 radical (unpaired) electrons. The number of nitrogens with zero attached hydrogens (tertiary/aromatic N) is 1. The van der Waals surface area contributed by atoms with Gasteiger partial charge in [0.05, 0.1) is 18.4 Å². The van der Waals surface area contributed by atoms with Gasteiger partial charge in [-0.2, -0.15) is 0 Å². The zero-order chi connectivity index (χ0) is 24.4. The SMILES string of the molecule is COC(=O)c1ccc(-c2ccc(/C=C3\C=C(c4ccccc4)N(c4ccc(Br)cc4)C3=O)o2)cc1. The molecule has 0 aliphatic carbocycles. The van der Waals surface area contributed by atoms with E-state index in [1.165, 1.54) is 7.11 Å². The summed E-state index contributed by atoms with van der Waals surface area (Å²) >= 11 is 3.46. The number of methoxy groups -OCH3 is 1. The molecule has 5 rings (SSSR count). The normalized spacial score (nSPS) is 14.3. The third-order valence-electron chi connectivity index (χ3n) is 5.65. The van der Waals surface area contributed by atoms with E-state index in [2.05, 4.69) is 15.9 Å². The van der Waals surface area contributed by atoms with E-state index in [0.717, 1.165) is 27.0 Å². The van der Waals surface area contributed by atoms with E-state index in [4.69, 9.17) is 9.15 Å². The van der Waals surface area contributed by atoms with Crippen molar-refractivity contribution >= 4 is 45.3 Å². The molecule has 35 heavy (non-hydrogen) atoms. The summed E-state index contributed by atoms with van der Waals surface area (Å²) < 4.78 is 11.7. The average molecular weight is 526 g/mol. The molecule has 0 bridgehead atoms. The van der Waals surface area contributed by atoms with Gasteiger partial charge < -0.3 is 9.15 Å². The lowest BCUT2D eigenvalue weighted by atomic mass is 10.1. The van der Waals surface area contributed by atoms with Crippen LogP contribution in [0.3, 0.4) is 0 Å². The Hall–Kier alpha value is -4.16. The predicted molar refractivity (Wildman–Crippen MR) is 140 cm³/mol. The molecular formula is C29H20BrNO4. The maximum Gasteiger partial charge on any atom is 0.337 e. The molecule has 1 aliphatic heterocycles. The van der Waals surface area contributed by atoms with E-state index in [9.17, 15) is 9.59 Å². The van der Waals surface area contributed by atoms with E-state index < -0.39 is 5.97 Å². The lowest BCUT2D eigenvalue weighted by Crippen LogP contribution is -2.24. The minimum absolute atomic E-state index is 0.133. The van der Waals surface area contributed by atoms with Crippen LogP contribution in [0.15, 0.2) is 112 Å². The second-order valence-corrected chi connectivity index (χ2v) is 8.80. The number of hydrogen-bond donors (Lipinski definition) is 0. The Morgan fingerprint density at radius 1 is 0.886 bits per heavy atom. The number of carbonyl (C=O) groups excluding carboxylic acids is 2. The third kappa shape index (κ3) is 4.61. The molecule has 0 fully saturated rings. The number of halogens is 1. The van der Waals surface area contributed by atoms with Crippen LogP contribution < -0.4 is 4.90 Å². The standard InChI is InChI=1S/C29H20BrNO4/c1-34-29(33)21-9-7-20(8-10-21)27-16-15-25(35-27)17-22-18-26(19-5-3-2-4-6-19)31(28(22)32)24-13-11-23(30)12-14-24/h2-18H,1H3/b22-17+. The van der Waals surface area contributed by atoms with Crippen molar-refractivity contribution in [2.75, 3.05) is 12.0 Å². The topological polar surface area (TPSA) is 59.8 Å². The fraction of sp³-hybridized carbons (Fsp3) is 0.0345. The number of benzene rings is 3. The zero-order valence-electron chi connectivity index (χ0n) is 18.8. The number of anilines is 1. The van der Waals surface area contributed by atoms with Gasteiger partial charge >= 0.3 is 5.97 Å². The summed E-state index contributed by atoms with van der Waals surface area (Å²) in [5.74, 6) is 0.668. The minimum Gasteiger partial charge on any atom is -0.465 e. The van der Waals surface area contributed by atoms with Crippen LogP contribution in [0.1, 0.15) is 21.7 Å². The summed E-state index contributed by atoms with van der Waals surface area (Å²) in [6, 6.07) is 28.1. The smallest absolute Gasteiger partial charge is 0.337 e. The molecule has 5 nitrogen and oxygen atoms in total. The second kappa shape index (κ2) is 9.60. The monoisotopic (exact) mass is 525 g/mol. The lowest BCUT2D eigenvalue weighted by Gasteiger charge is -2.20. The Labute approximate surface area is 211 Å². The van der Waals surface area contributed by atoms with Crippen molar-refractivity contribution in [3.63, 3.8) is 0 Å². The van der Waals surface area contributed by atoms with E-state index in [-0.39, 0.29) is 5.91 Å². The minimum atomic E-state index is -0.391. The summed E-state index contributed by atoms with van der Waals surface area (Å²) in [6.07, 6.45) is 3.63. The highest BCUT2D eigenvalue weighted by atomic mass is 79.9. The number of ether oxygens (including phenoxy) is 1. The number of esters is 1.